The maximum absolute atomic E-state index is 13.2. The molecule has 0 spiro atoms. The fraction of sp³-hybridized carbons (Fsp3) is 0.188. The van der Waals surface area contributed by atoms with E-state index in [0.29, 0.717) is 5.02 Å². The lowest BCUT2D eigenvalue weighted by molar-refractivity contribution is -0.141. The van der Waals surface area contributed by atoms with Crippen LogP contribution >= 0.6 is 46.4 Å². The molecule has 0 radical (unpaired) electrons. The highest BCUT2D eigenvalue weighted by Gasteiger charge is 2.31. The number of halogens is 4. The zero-order chi connectivity index (χ0) is 19.5. The lowest BCUT2D eigenvalue weighted by Gasteiger charge is -2.25. The minimum Gasteiger partial charge on any atom is -0.465 e. The summed E-state index contributed by atoms with van der Waals surface area (Å²) in [5.41, 5.74) is 0.0557. The summed E-state index contributed by atoms with van der Waals surface area (Å²) in [6, 6.07) is 8.21. The molecule has 0 saturated heterocycles. The molecule has 2 aromatic rings. The molecule has 0 aliphatic rings. The van der Waals surface area contributed by atoms with Gasteiger partial charge in [-0.05, 0) is 43.3 Å². The van der Waals surface area contributed by atoms with E-state index in [1.807, 2.05) is 0 Å². The van der Waals surface area contributed by atoms with Crippen molar-refractivity contribution in [2.24, 2.45) is 0 Å². The van der Waals surface area contributed by atoms with Gasteiger partial charge in [0.1, 0.15) is 11.4 Å². The molecule has 0 atom stereocenters. The number of benzene rings is 2. The van der Waals surface area contributed by atoms with Crippen molar-refractivity contribution in [3.63, 3.8) is 0 Å². The van der Waals surface area contributed by atoms with E-state index in [1.165, 1.54) is 36.4 Å². The molecular weight excluding hydrogens is 444 g/mol. The van der Waals surface area contributed by atoms with Gasteiger partial charge in [-0.25, -0.2) is 8.42 Å². The molecule has 26 heavy (non-hydrogen) atoms. The second-order valence-corrected chi connectivity index (χ2v) is 8.51. The number of hydrogen-bond donors (Lipinski definition) is 0. The van der Waals surface area contributed by atoms with Gasteiger partial charge >= 0.3 is 5.97 Å². The van der Waals surface area contributed by atoms with Gasteiger partial charge in [0.25, 0.3) is 10.0 Å². The minimum absolute atomic E-state index is 0.0449. The Balaban J connectivity index is 2.62. The van der Waals surface area contributed by atoms with Crippen LogP contribution in [0.1, 0.15) is 6.92 Å². The van der Waals surface area contributed by atoms with Crippen LogP contribution in [0.5, 0.6) is 0 Å². The number of esters is 1. The number of anilines is 1. The van der Waals surface area contributed by atoms with Crippen LogP contribution in [0, 0.1) is 0 Å². The van der Waals surface area contributed by atoms with Crippen LogP contribution in [0.25, 0.3) is 0 Å². The summed E-state index contributed by atoms with van der Waals surface area (Å²) in [5.74, 6) is -0.750. The first kappa shape index (κ1) is 21.1. The van der Waals surface area contributed by atoms with Gasteiger partial charge < -0.3 is 4.74 Å². The number of hydrogen-bond acceptors (Lipinski definition) is 4. The monoisotopic (exact) mass is 455 g/mol. The van der Waals surface area contributed by atoms with Crippen molar-refractivity contribution in [1.29, 1.82) is 0 Å². The van der Waals surface area contributed by atoms with Gasteiger partial charge in [0.05, 0.1) is 22.3 Å². The van der Waals surface area contributed by atoms with E-state index in [1.54, 1.807) is 6.92 Å². The summed E-state index contributed by atoms with van der Waals surface area (Å²) >= 11 is 24.0. The van der Waals surface area contributed by atoms with Gasteiger partial charge in [0.15, 0.2) is 0 Å². The third-order valence-corrected chi connectivity index (χ3v) is 6.23. The Morgan fingerprint density at radius 1 is 1.00 bits per heavy atom. The zero-order valence-corrected chi connectivity index (χ0v) is 17.2. The van der Waals surface area contributed by atoms with Crippen LogP contribution < -0.4 is 4.31 Å². The standard InChI is InChI=1S/C16H13Cl4NO4S/c1-2-25-16(22)9-21(14-6-4-10(17)7-13(14)20)26(23,24)15-8-11(18)3-5-12(15)19/h3-8H,2,9H2,1H3. The molecule has 10 heteroatoms. The van der Waals surface area contributed by atoms with Crippen molar-refractivity contribution in [1.82, 2.24) is 0 Å². The molecule has 5 nitrogen and oxygen atoms in total. The Morgan fingerprint density at radius 3 is 2.23 bits per heavy atom. The smallest absolute Gasteiger partial charge is 0.326 e. The first-order valence-corrected chi connectivity index (χ1v) is 10.2. The predicted molar refractivity (Wildman–Crippen MR) is 104 cm³/mol. The molecule has 0 saturated carbocycles. The fourth-order valence-corrected chi connectivity index (χ4v) is 4.83. The molecule has 0 aromatic heterocycles. The van der Waals surface area contributed by atoms with E-state index in [-0.39, 0.29) is 32.3 Å². The summed E-state index contributed by atoms with van der Waals surface area (Å²) in [5, 5.41) is 0.483. The van der Waals surface area contributed by atoms with Crippen molar-refractivity contribution in [2.75, 3.05) is 17.5 Å². The van der Waals surface area contributed by atoms with Crippen LogP contribution in [-0.4, -0.2) is 27.5 Å². The second kappa shape index (κ2) is 8.67. The summed E-state index contributed by atoms with van der Waals surface area (Å²) in [7, 11) is -4.27. The summed E-state index contributed by atoms with van der Waals surface area (Å²) < 4.78 is 32.0. The van der Waals surface area contributed by atoms with Crippen LogP contribution in [0.15, 0.2) is 41.3 Å². The normalized spacial score (nSPS) is 11.3. The molecule has 0 unspecified atom stereocenters. The second-order valence-electron chi connectivity index (χ2n) is 4.99. The van der Waals surface area contributed by atoms with Crippen LogP contribution in [0.4, 0.5) is 5.69 Å². The number of ether oxygens (including phenoxy) is 1. The average Bonchev–Trinajstić information content (AvgIpc) is 2.55. The van der Waals surface area contributed by atoms with Crippen molar-refractivity contribution in [3.8, 4) is 0 Å². The van der Waals surface area contributed by atoms with Gasteiger partial charge in [0.2, 0.25) is 0 Å². The average molecular weight is 457 g/mol. The molecule has 2 aromatic carbocycles. The van der Waals surface area contributed by atoms with Crippen molar-refractivity contribution in [3.05, 3.63) is 56.5 Å². The van der Waals surface area contributed by atoms with Crippen molar-refractivity contribution in [2.45, 2.75) is 11.8 Å². The summed E-state index contributed by atoms with van der Waals surface area (Å²) in [6.07, 6.45) is 0. The summed E-state index contributed by atoms with van der Waals surface area (Å²) in [4.78, 5) is 11.7. The highest BCUT2D eigenvalue weighted by Crippen LogP contribution is 2.35. The lowest BCUT2D eigenvalue weighted by Crippen LogP contribution is -2.37. The van der Waals surface area contributed by atoms with Crippen LogP contribution in [0.2, 0.25) is 20.1 Å². The first-order valence-electron chi connectivity index (χ1n) is 7.25. The van der Waals surface area contributed by atoms with Gasteiger partial charge in [-0.2, -0.15) is 0 Å². The highest BCUT2D eigenvalue weighted by atomic mass is 35.5. The van der Waals surface area contributed by atoms with E-state index in [2.05, 4.69) is 0 Å². The van der Waals surface area contributed by atoms with E-state index >= 15 is 0 Å². The number of nitrogens with zero attached hydrogens (tertiary/aromatic N) is 1. The van der Waals surface area contributed by atoms with E-state index in [0.717, 1.165) is 4.31 Å². The van der Waals surface area contributed by atoms with Crippen molar-refractivity contribution >= 4 is 68.1 Å². The maximum atomic E-state index is 13.2. The Hall–Kier alpha value is -1.18. The van der Waals surface area contributed by atoms with Crippen LogP contribution in [0.3, 0.4) is 0 Å². The molecule has 2 rings (SSSR count). The van der Waals surface area contributed by atoms with Gasteiger partial charge in [-0.1, -0.05) is 46.4 Å². The zero-order valence-electron chi connectivity index (χ0n) is 13.4. The largest absolute Gasteiger partial charge is 0.465 e. The quantitative estimate of drug-likeness (QED) is 0.570. The Labute approximate surface area is 171 Å². The molecule has 0 aliphatic carbocycles. The first-order chi connectivity index (χ1) is 12.2. The molecule has 0 fully saturated rings. The highest BCUT2D eigenvalue weighted by molar-refractivity contribution is 7.93. The van der Waals surface area contributed by atoms with Gasteiger partial charge in [-0.15, -0.1) is 0 Å². The Morgan fingerprint density at radius 2 is 1.62 bits per heavy atom. The SMILES string of the molecule is CCOC(=O)CN(c1ccc(Cl)cc1Cl)S(=O)(=O)c1cc(Cl)ccc1Cl. The van der Waals surface area contributed by atoms with E-state index in [9.17, 15) is 13.2 Å². The Bertz CT molecular complexity index is 934. The minimum atomic E-state index is -4.27. The van der Waals surface area contributed by atoms with Crippen molar-refractivity contribution < 1.29 is 17.9 Å². The predicted octanol–water partition coefficient (Wildman–Crippen LogP) is 5.06. The molecule has 0 amide bonds. The van der Waals surface area contributed by atoms with Crippen LogP contribution in [-0.2, 0) is 19.6 Å². The topological polar surface area (TPSA) is 63.7 Å². The molecule has 0 heterocycles. The molecular formula is C16H13Cl4NO4S. The molecule has 140 valence electrons. The molecule has 0 bridgehead atoms. The summed E-state index contributed by atoms with van der Waals surface area (Å²) in [6.45, 7) is 1.11. The lowest BCUT2D eigenvalue weighted by atomic mass is 10.3. The van der Waals surface area contributed by atoms with Gasteiger partial charge in [0, 0.05) is 10.0 Å². The third kappa shape index (κ3) is 4.75. The maximum Gasteiger partial charge on any atom is 0.326 e. The fourth-order valence-electron chi connectivity index (χ4n) is 2.10. The number of rotatable bonds is 6. The molecule has 0 N–H and O–H groups in total. The van der Waals surface area contributed by atoms with E-state index < -0.39 is 22.5 Å². The van der Waals surface area contributed by atoms with E-state index in [4.69, 9.17) is 51.1 Å². The number of carbonyl (C=O) groups excluding carboxylic acids is 1. The Kier molecular flexibility index (Phi) is 7.05. The number of sulfonamides is 1. The molecule has 0 aliphatic heterocycles. The number of carbonyl (C=O) groups is 1. The third-order valence-electron chi connectivity index (χ3n) is 3.22. The van der Waals surface area contributed by atoms with Gasteiger partial charge in [-0.3, -0.25) is 9.10 Å².